The van der Waals surface area contributed by atoms with Crippen LogP contribution in [0.1, 0.15) is 28.8 Å². The second kappa shape index (κ2) is 6.54. The molecule has 0 bridgehead atoms. The van der Waals surface area contributed by atoms with Gasteiger partial charge in [-0.1, -0.05) is 0 Å². The lowest BCUT2D eigenvalue weighted by atomic mass is 10.1. The summed E-state index contributed by atoms with van der Waals surface area (Å²) in [6, 6.07) is 5.46. The topological polar surface area (TPSA) is 70.4 Å². The van der Waals surface area contributed by atoms with E-state index in [9.17, 15) is 4.79 Å². The van der Waals surface area contributed by atoms with Gasteiger partial charge in [-0.05, 0) is 56.6 Å². The summed E-state index contributed by atoms with van der Waals surface area (Å²) in [5.41, 5.74) is 5.09. The first-order valence-corrected chi connectivity index (χ1v) is 6.78. The molecule has 1 heterocycles. The number of nitrogens with two attached hydrogens (primary N) is 1. The van der Waals surface area contributed by atoms with Crippen molar-refractivity contribution in [2.45, 2.75) is 19.8 Å². The van der Waals surface area contributed by atoms with Gasteiger partial charge in [-0.25, -0.2) is 0 Å². The predicted molar refractivity (Wildman–Crippen MR) is 77.0 cm³/mol. The molecule has 0 atom stereocenters. The monoisotopic (exact) mass is 262 g/mol. The molecule has 1 aliphatic rings. The van der Waals surface area contributed by atoms with Gasteiger partial charge in [0.15, 0.2) is 0 Å². The van der Waals surface area contributed by atoms with Crippen LogP contribution in [-0.2, 0) is 0 Å². The summed E-state index contributed by atoms with van der Waals surface area (Å²) in [5.74, 6) is 5.35. The van der Waals surface area contributed by atoms with E-state index in [0.29, 0.717) is 12.1 Å². The zero-order valence-corrected chi connectivity index (χ0v) is 11.4. The van der Waals surface area contributed by atoms with E-state index in [1.54, 1.807) is 6.07 Å². The number of hydrazine groups is 1. The van der Waals surface area contributed by atoms with Gasteiger partial charge in [-0.3, -0.25) is 10.6 Å². The van der Waals surface area contributed by atoms with E-state index in [4.69, 9.17) is 5.84 Å². The molecule has 0 spiro atoms. The van der Waals surface area contributed by atoms with E-state index in [1.807, 2.05) is 19.1 Å². The first-order valence-electron chi connectivity index (χ1n) is 6.78. The van der Waals surface area contributed by atoms with Crippen LogP contribution in [0.25, 0.3) is 0 Å². The maximum absolute atomic E-state index is 12.0. The summed E-state index contributed by atoms with van der Waals surface area (Å²) in [5, 5.41) is 2.96. The molecule has 0 aromatic heterocycles. The third kappa shape index (κ3) is 3.68. The number of aryl methyl sites for hydroxylation is 1. The Hall–Kier alpha value is -1.59. The highest BCUT2D eigenvalue weighted by Crippen LogP contribution is 2.15. The van der Waals surface area contributed by atoms with Gasteiger partial charge in [0, 0.05) is 18.7 Å². The predicted octanol–water partition coefficient (Wildman–Crippen LogP) is 1.11. The summed E-state index contributed by atoms with van der Waals surface area (Å²) in [6.45, 7) is 5.88. The zero-order chi connectivity index (χ0) is 13.7. The summed E-state index contributed by atoms with van der Waals surface area (Å²) in [7, 11) is 0. The number of hydrogen-bond acceptors (Lipinski definition) is 4. The number of nitrogens with zero attached hydrogens (tertiary/aromatic N) is 1. The molecule has 1 aromatic rings. The number of benzene rings is 1. The van der Waals surface area contributed by atoms with Crippen molar-refractivity contribution in [3.05, 3.63) is 29.3 Å². The van der Waals surface area contributed by atoms with Crippen LogP contribution >= 0.6 is 0 Å². The van der Waals surface area contributed by atoms with Crippen molar-refractivity contribution in [3.8, 4) is 0 Å². The maximum Gasteiger partial charge on any atom is 0.251 e. The molecule has 1 amide bonds. The van der Waals surface area contributed by atoms with Gasteiger partial charge in [0.1, 0.15) is 0 Å². The molecule has 2 rings (SSSR count). The molecule has 1 aromatic carbocycles. The second-order valence-electron chi connectivity index (χ2n) is 4.98. The molecule has 1 saturated heterocycles. The number of hydrogen-bond donors (Lipinski definition) is 3. The summed E-state index contributed by atoms with van der Waals surface area (Å²) in [4.78, 5) is 14.4. The van der Waals surface area contributed by atoms with Crippen LogP contribution in [0.3, 0.4) is 0 Å². The van der Waals surface area contributed by atoms with Crippen LogP contribution < -0.4 is 16.6 Å². The van der Waals surface area contributed by atoms with Crippen molar-refractivity contribution in [3.63, 3.8) is 0 Å². The lowest BCUT2D eigenvalue weighted by Crippen LogP contribution is -2.33. The Bertz CT molecular complexity index is 441. The van der Waals surface area contributed by atoms with Crippen LogP contribution in [0.4, 0.5) is 5.69 Å². The van der Waals surface area contributed by atoms with Gasteiger partial charge < -0.3 is 15.6 Å². The van der Waals surface area contributed by atoms with Gasteiger partial charge in [-0.2, -0.15) is 0 Å². The number of amides is 1. The van der Waals surface area contributed by atoms with Crippen molar-refractivity contribution in [1.29, 1.82) is 0 Å². The Balaban J connectivity index is 1.83. The second-order valence-corrected chi connectivity index (χ2v) is 4.98. The lowest BCUT2D eigenvalue weighted by molar-refractivity contribution is 0.0949. The molecule has 5 nitrogen and oxygen atoms in total. The van der Waals surface area contributed by atoms with Gasteiger partial charge in [0.2, 0.25) is 0 Å². The molecule has 1 aliphatic heterocycles. The average Bonchev–Trinajstić information content (AvgIpc) is 2.91. The van der Waals surface area contributed by atoms with Gasteiger partial charge in [0.05, 0.1) is 5.69 Å². The van der Waals surface area contributed by atoms with E-state index in [0.717, 1.165) is 30.9 Å². The average molecular weight is 262 g/mol. The molecule has 5 heteroatoms. The Labute approximate surface area is 114 Å². The maximum atomic E-state index is 12.0. The standard InChI is InChI=1S/C14H22N4O/c1-11-10-12(4-5-13(11)17-15)14(19)16-6-9-18-7-2-3-8-18/h4-5,10,17H,2-3,6-9,15H2,1H3,(H,16,19). The minimum atomic E-state index is -0.0223. The Morgan fingerprint density at radius 3 is 2.74 bits per heavy atom. The summed E-state index contributed by atoms with van der Waals surface area (Å²) in [6.07, 6.45) is 2.56. The Kier molecular flexibility index (Phi) is 4.76. The molecule has 104 valence electrons. The molecule has 4 N–H and O–H groups in total. The molecule has 0 unspecified atom stereocenters. The third-order valence-electron chi connectivity index (χ3n) is 3.56. The summed E-state index contributed by atoms with van der Waals surface area (Å²) < 4.78 is 0. The number of anilines is 1. The Morgan fingerprint density at radius 2 is 2.11 bits per heavy atom. The third-order valence-corrected chi connectivity index (χ3v) is 3.56. The number of rotatable bonds is 5. The number of carbonyl (C=O) groups is 1. The fraction of sp³-hybridized carbons (Fsp3) is 0.500. The molecule has 19 heavy (non-hydrogen) atoms. The SMILES string of the molecule is Cc1cc(C(=O)NCCN2CCCC2)ccc1NN. The molecular weight excluding hydrogens is 240 g/mol. The van der Waals surface area contributed by atoms with Gasteiger partial charge in [-0.15, -0.1) is 0 Å². The lowest BCUT2D eigenvalue weighted by Gasteiger charge is -2.15. The van der Waals surface area contributed by atoms with Crippen molar-refractivity contribution in [2.75, 3.05) is 31.6 Å². The van der Waals surface area contributed by atoms with Crippen molar-refractivity contribution in [2.24, 2.45) is 5.84 Å². The van der Waals surface area contributed by atoms with E-state index < -0.39 is 0 Å². The highest BCUT2D eigenvalue weighted by molar-refractivity contribution is 5.94. The highest BCUT2D eigenvalue weighted by atomic mass is 16.1. The van der Waals surface area contributed by atoms with E-state index in [2.05, 4.69) is 15.6 Å². The van der Waals surface area contributed by atoms with Crippen LogP contribution in [0, 0.1) is 6.92 Å². The van der Waals surface area contributed by atoms with Crippen LogP contribution in [0.15, 0.2) is 18.2 Å². The smallest absolute Gasteiger partial charge is 0.251 e. The van der Waals surface area contributed by atoms with Crippen LogP contribution in [0.2, 0.25) is 0 Å². The van der Waals surface area contributed by atoms with Gasteiger partial charge in [0.25, 0.3) is 5.91 Å². The molecule has 0 aliphatic carbocycles. The van der Waals surface area contributed by atoms with Crippen molar-refractivity contribution < 1.29 is 4.79 Å². The minimum absolute atomic E-state index is 0.0223. The van der Waals surface area contributed by atoms with Crippen LogP contribution in [0.5, 0.6) is 0 Å². The number of nitrogens with one attached hydrogen (secondary N) is 2. The quantitative estimate of drug-likeness (QED) is 0.549. The fourth-order valence-corrected chi connectivity index (χ4v) is 2.40. The fourth-order valence-electron chi connectivity index (χ4n) is 2.40. The molecule has 1 fully saturated rings. The minimum Gasteiger partial charge on any atom is -0.351 e. The first kappa shape index (κ1) is 13.8. The van der Waals surface area contributed by atoms with Crippen molar-refractivity contribution in [1.82, 2.24) is 10.2 Å². The van der Waals surface area contributed by atoms with Gasteiger partial charge >= 0.3 is 0 Å². The van der Waals surface area contributed by atoms with E-state index >= 15 is 0 Å². The van der Waals surface area contributed by atoms with Crippen LogP contribution in [-0.4, -0.2) is 37.0 Å². The molecule has 0 saturated carbocycles. The molecule has 0 radical (unpaired) electrons. The normalized spacial score (nSPS) is 15.5. The number of nitrogen functional groups attached to an aromatic ring is 1. The largest absolute Gasteiger partial charge is 0.351 e. The van der Waals surface area contributed by atoms with E-state index in [-0.39, 0.29) is 5.91 Å². The van der Waals surface area contributed by atoms with Crippen molar-refractivity contribution >= 4 is 11.6 Å². The summed E-state index contributed by atoms with van der Waals surface area (Å²) >= 11 is 0. The Morgan fingerprint density at radius 1 is 1.37 bits per heavy atom. The molecular formula is C14H22N4O. The zero-order valence-electron chi connectivity index (χ0n) is 11.4. The van der Waals surface area contributed by atoms with E-state index in [1.165, 1.54) is 12.8 Å². The number of carbonyl (C=O) groups excluding carboxylic acids is 1. The highest BCUT2D eigenvalue weighted by Gasteiger charge is 2.12. The number of likely N-dealkylation sites (tertiary alicyclic amines) is 1. The first-order chi connectivity index (χ1) is 9.20.